The Balaban J connectivity index is 1.27. The van der Waals surface area contributed by atoms with E-state index in [0.29, 0.717) is 12.5 Å². The molecule has 0 N–H and O–H groups in total. The number of piperidine rings is 2. The van der Waals surface area contributed by atoms with Crippen molar-refractivity contribution >= 4 is 5.91 Å². The van der Waals surface area contributed by atoms with E-state index < -0.39 is 0 Å². The number of hydrogen-bond donors (Lipinski definition) is 0. The quantitative estimate of drug-likeness (QED) is 0.577. The lowest BCUT2D eigenvalue weighted by molar-refractivity contribution is 0.0689. The van der Waals surface area contributed by atoms with Crippen LogP contribution < -0.4 is 0 Å². The summed E-state index contributed by atoms with van der Waals surface area (Å²) in [4.78, 5) is 17.8. The van der Waals surface area contributed by atoms with Crippen molar-refractivity contribution in [3.63, 3.8) is 0 Å². The lowest BCUT2D eigenvalue weighted by atomic mass is 9.89. The molecule has 3 heterocycles. The van der Waals surface area contributed by atoms with Gasteiger partial charge in [0.05, 0.1) is 12.2 Å². The summed E-state index contributed by atoms with van der Waals surface area (Å²) in [6, 6.07) is 11.3. The molecule has 0 saturated carbocycles. The molecule has 1 amide bonds. The molecule has 0 atom stereocenters. The van der Waals surface area contributed by atoms with E-state index in [1.54, 1.807) is 7.11 Å². The number of carbonyl (C=O) groups excluding carboxylic acids is 1. The van der Waals surface area contributed by atoms with Gasteiger partial charge < -0.3 is 14.2 Å². The van der Waals surface area contributed by atoms with Gasteiger partial charge in [0.25, 0.3) is 5.91 Å². The van der Waals surface area contributed by atoms with E-state index >= 15 is 0 Å². The normalized spacial score (nSPS) is 18.1. The maximum absolute atomic E-state index is 13.2. The van der Waals surface area contributed by atoms with Crippen LogP contribution in [0, 0.1) is 19.8 Å². The first-order valence-electron chi connectivity index (χ1n) is 12.8. The molecule has 2 fully saturated rings. The Morgan fingerprint density at radius 2 is 1.64 bits per heavy atom. The second-order valence-electron chi connectivity index (χ2n) is 10.0. The highest BCUT2D eigenvalue weighted by Crippen LogP contribution is 2.25. The molecule has 33 heavy (non-hydrogen) atoms. The molecule has 5 heteroatoms. The first-order valence-corrected chi connectivity index (χ1v) is 12.8. The van der Waals surface area contributed by atoms with Crippen LogP contribution in [0.4, 0.5) is 0 Å². The maximum atomic E-state index is 13.2. The van der Waals surface area contributed by atoms with Crippen LogP contribution in [-0.2, 0) is 24.2 Å². The van der Waals surface area contributed by atoms with Gasteiger partial charge >= 0.3 is 0 Å². The fourth-order valence-corrected chi connectivity index (χ4v) is 5.54. The van der Waals surface area contributed by atoms with Crippen LogP contribution in [0.25, 0.3) is 0 Å². The first-order chi connectivity index (χ1) is 16.0. The van der Waals surface area contributed by atoms with Gasteiger partial charge in [-0.2, -0.15) is 0 Å². The van der Waals surface area contributed by atoms with E-state index in [9.17, 15) is 4.79 Å². The molecule has 0 spiro atoms. The van der Waals surface area contributed by atoms with Crippen LogP contribution in [0.15, 0.2) is 30.3 Å². The van der Waals surface area contributed by atoms with Crippen molar-refractivity contribution in [1.29, 1.82) is 0 Å². The number of nitrogens with zero attached hydrogens (tertiary/aromatic N) is 3. The van der Waals surface area contributed by atoms with Gasteiger partial charge in [-0.15, -0.1) is 0 Å². The number of hydrogen-bond acceptors (Lipinski definition) is 3. The standard InChI is InChI=1S/C28H41N3O2/c1-22-19-27(23(2)31(22)17-18-33-3)28(32)30-15-11-25(12-16-30)20-24-7-9-26(10-8-24)21-29-13-5-4-6-14-29/h7-10,19,25H,4-6,11-18,20-21H2,1-3H3. The molecule has 0 unspecified atom stereocenters. The van der Waals surface area contributed by atoms with Gasteiger partial charge in [0, 0.05) is 44.7 Å². The second kappa shape index (κ2) is 11.3. The third kappa shape index (κ3) is 6.07. The zero-order valence-electron chi connectivity index (χ0n) is 20.8. The number of ether oxygens (including phenoxy) is 1. The largest absolute Gasteiger partial charge is 0.383 e. The molecule has 2 aliphatic heterocycles. The van der Waals surface area contributed by atoms with Gasteiger partial charge in [-0.05, 0) is 82.2 Å². The van der Waals surface area contributed by atoms with E-state index in [2.05, 4.69) is 52.5 Å². The highest BCUT2D eigenvalue weighted by atomic mass is 16.5. The number of amides is 1. The molecular formula is C28H41N3O2. The van der Waals surface area contributed by atoms with Crippen LogP contribution in [0.1, 0.15) is 65.0 Å². The molecule has 0 radical (unpaired) electrons. The molecule has 4 rings (SSSR count). The SMILES string of the molecule is COCCn1c(C)cc(C(=O)N2CCC(Cc3ccc(CN4CCCCC4)cc3)CC2)c1C. The monoisotopic (exact) mass is 451 g/mol. The summed E-state index contributed by atoms with van der Waals surface area (Å²) in [5.41, 5.74) is 5.91. The van der Waals surface area contributed by atoms with E-state index in [-0.39, 0.29) is 5.91 Å². The zero-order chi connectivity index (χ0) is 23.2. The van der Waals surface area contributed by atoms with Crippen molar-refractivity contribution in [3.8, 4) is 0 Å². The Morgan fingerprint density at radius 3 is 2.30 bits per heavy atom. The number of aryl methyl sites for hydroxylation is 1. The average molecular weight is 452 g/mol. The molecule has 0 bridgehead atoms. The Hall–Kier alpha value is -2.11. The summed E-state index contributed by atoms with van der Waals surface area (Å²) in [7, 11) is 1.72. The second-order valence-corrected chi connectivity index (χ2v) is 10.0. The molecule has 1 aromatic heterocycles. The van der Waals surface area contributed by atoms with Crippen LogP contribution in [0.5, 0.6) is 0 Å². The lowest BCUT2D eigenvalue weighted by Gasteiger charge is -2.32. The number of methoxy groups -OCH3 is 1. The Labute approximate surface area is 199 Å². The van der Waals surface area contributed by atoms with Gasteiger partial charge in [-0.25, -0.2) is 0 Å². The number of aromatic nitrogens is 1. The minimum Gasteiger partial charge on any atom is -0.383 e. The van der Waals surface area contributed by atoms with Crippen LogP contribution in [0.2, 0.25) is 0 Å². The lowest BCUT2D eigenvalue weighted by Crippen LogP contribution is -2.39. The van der Waals surface area contributed by atoms with Gasteiger partial charge in [-0.3, -0.25) is 9.69 Å². The highest BCUT2D eigenvalue weighted by Gasteiger charge is 2.26. The molecule has 5 nitrogen and oxygen atoms in total. The van der Waals surface area contributed by atoms with Crippen LogP contribution in [0.3, 0.4) is 0 Å². The minimum absolute atomic E-state index is 0.187. The molecule has 2 aromatic rings. The van der Waals surface area contributed by atoms with Crippen LogP contribution in [-0.4, -0.2) is 60.2 Å². The van der Waals surface area contributed by atoms with E-state index in [1.165, 1.54) is 43.5 Å². The van der Waals surface area contributed by atoms with Gasteiger partial charge in [0.1, 0.15) is 0 Å². The predicted octanol–water partition coefficient (Wildman–Crippen LogP) is 4.83. The smallest absolute Gasteiger partial charge is 0.255 e. The number of carbonyl (C=O) groups is 1. The molecule has 2 saturated heterocycles. The molecule has 180 valence electrons. The Kier molecular flexibility index (Phi) is 8.26. The summed E-state index contributed by atoms with van der Waals surface area (Å²) in [5, 5.41) is 0. The van der Waals surface area contributed by atoms with Crippen molar-refractivity contribution < 1.29 is 9.53 Å². The molecule has 2 aliphatic rings. The Bertz CT molecular complexity index is 904. The minimum atomic E-state index is 0.187. The van der Waals surface area contributed by atoms with Crippen molar-refractivity contribution in [1.82, 2.24) is 14.4 Å². The third-order valence-electron chi connectivity index (χ3n) is 7.63. The van der Waals surface area contributed by atoms with Gasteiger partial charge in [0.2, 0.25) is 0 Å². The van der Waals surface area contributed by atoms with E-state index in [1.807, 2.05) is 6.07 Å². The predicted molar refractivity (Wildman–Crippen MR) is 134 cm³/mol. The molecule has 1 aromatic carbocycles. The molecule has 0 aliphatic carbocycles. The summed E-state index contributed by atoms with van der Waals surface area (Å²) >= 11 is 0. The molecular weight excluding hydrogens is 410 g/mol. The third-order valence-corrected chi connectivity index (χ3v) is 7.63. The van der Waals surface area contributed by atoms with E-state index in [4.69, 9.17) is 4.74 Å². The Morgan fingerprint density at radius 1 is 0.970 bits per heavy atom. The summed E-state index contributed by atoms with van der Waals surface area (Å²) in [6.07, 6.45) is 7.38. The van der Waals surface area contributed by atoms with Gasteiger partial charge in [0.15, 0.2) is 0 Å². The summed E-state index contributed by atoms with van der Waals surface area (Å²) < 4.78 is 7.42. The highest BCUT2D eigenvalue weighted by molar-refractivity contribution is 5.95. The fourth-order valence-electron chi connectivity index (χ4n) is 5.54. The van der Waals surface area contributed by atoms with Crippen molar-refractivity contribution in [2.45, 2.75) is 65.5 Å². The van der Waals surface area contributed by atoms with Gasteiger partial charge in [-0.1, -0.05) is 30.7 Å². The average Bonchev–Trinajstić information content (AvgIpc) is 3.12. The van der Waals surface area contributed by atoms with Crippen LogP contribution >= 0.6 is 0 Å². The summed E-state index contributed by atoms with van der Waals surface area (Å²) in [6.45, 7) is 10.9. The number of rotatable bonds is 8. The van der Waals surface area contributed by atoms with E-state index in [0.717, 1.165) is 62.4 Å². The van der Waals surface area contributed by atoms with Crippen molar-refractivity contribution in [2.24, 2.45) is 5.92 Å². The summed E-state index contributed by atoms with van der Waals surface area (Å²) in [5.74, 6) is 0.850. The number of likely N-dealkylation sites (tertiary alicyclic amines) is 2. The topological polar surface area (TPSA) is 37.7 Å². The maximum Gasteiger partial charge on any atom is 0.255 e. The van der Waals surface area contributed by atoms with Crippen molar-refractivity contribution in [3.05, 3.63) is 58.4 Å². The fraction of sp³-hybridized carbons (Fsp3) is 0.607. The first kappa shape index (κ1) is 24.0. The number of benzene rings is 1. The van der Waals surface area contributed by atoms with Crippen molar-refractivity contribution in [2.75, 3.05) is 39.9 Å². The zero-order valence-corrected chi connectivity index (χ0v) is 20.8.